The first-order valence-corrected chi connectivity index (χ1v) is 51.2. The first kappa shape index (κ1) is 103. The third-order valence-electron chi connectivity index (χ3n) is 27.9. The van der Waals surface area contributed by atoms with Crippen LogP contribution in [0.25, 0.3) is 155 Å². The lowest BCUT2D eigenvalue weighted by Crippen LogP contribution is -2.08. The molecule has 0 aliphatic heterocycles. The fraction of sp³-hybridized carbons (Fsp3) is 0.159. The van der Waals surface area contributed by atoms with Crippen LogP contribution in [0.15, 0.2) is 382 Å². The summed E-state index contributed by atoms with van der Waals surface area (Å²) in [5, 5.41) is 74.1. The van der Waals surface area contributed by atoms with Crippen molar-refractivity contribution in [3.05, 3.63) is 471 Å². The summed E-state index contributed by atoms with van der Waals surface area (Å²) in [6.45, 7) is 30.0. The molecule has 750 valence electrons. The molecule has 0 aliphatic carbocycles. The van der Waals surface area contributed by atoms with E-state index in [-0.39, 0.29) is 34.5 Å². The van der Waals surface area contributed by atoms with Crippen molar-refractivity contribution in [3.63, 3.8) is 0 Å². The highest BCUT2D eigenvalue weighted by Gasteiger charge is 2.27. The molecular weight excluding hydrogens is 1850 g/mol. The Morgan fingerprint density at radius 2 is 0.407 bits per heavy atom. The summed E-state index contributed by atoms with van der Waals surface area (Å²) in [4.78, 5) is 0. The van der Waals surface area contributed by atoms with Crippen molar-refractivity contribution in [3.8, 4) is 185 Å². The molecule has 12 heteroatoms. The minimum absolute atomic E-state index is 0.224. The number of phenols is 6. The van der Waals surface area contributed by atoms with Crippen molar-refractivity contribution < 1.29 is 59.1 Å². The highest BCUT2D eigenvalue weighted by molar-refractivity contribution is 6.04. The molecule has 20 aromatic rings. The molecule has 0 heterocycles. The van der Waals surface area contributed by atoms with Gasteiger partial charge < -0.3 is 59.1 Å². The summed E-state index contributed by atoms with van der Waals surface area (Å²) >= 11 is 0. The third kappa shape index (κ3) is 23.2. The molecule has 20 rings (SSSR count). The van der Waals surface area contributed by atoms with Gasteiger partial charge in [0.15, 0.2) is 0 Å². The fourth-order valence-corrected chi connectivity index (χ4v) is 20.3. The number of hydrogen-bond donors (Lipinski definition) is 6. The Balaban J connectivity index is 0.000000148. The molecule has 0 unspecified atom stereocenters. The second-order valence-electron chi connectivity index (χ2n) is 39.2. The SMILES string of the molecule is Cc1ccc(C)c(-c2cc(C)cc(-c3ccccc3COCCOc3ccc(C)cc3-c3cc(C)cc(-c4cc(C)ccc4C)c3O)c2O)c1.Cc1ccc(OCCOCc2ccccc2-c2cc(C)cc(-c3c(C)ccc4ccccc34)c2O)c(-c2cc(C)cc(-c3c(C)ccc4ccccc34)c2O)c1.Cc1ccc(OCCOCc2ccccc2-c2cccc(-c3ccccc3)c2O)c(-c2cccc(-c3ccccc3)c2O)c1. The van der Waals surface area contributed by atoms with E-state index in [1.165, 1.54) is 0 Å². The average Bonchev–Trinajstić information content (AvgIpc) is 0.763. The molecule has 20 aromatic carbocycles. The van der Waals surface area contributed by atoms with E-state index in [2.05, 4.69) is 197 Å². The second-order valence-corrected chi connectivity index (χ2v) is 39.2. The molecule has 0 aliphatic rings. The molecule has 0 bridgehead atoms. The Labute approximate surface area is 880 Å². The minimum Gasteiger partial charge on any atom is -0.507 e. The number of fused-ring (bicyclic) bond motifs is 2. The van der Waals surface area contributed by atoms with E-state index in [4.69, 9.17) is 28.4 Å². The molecule has 6 N–H and O–H groups in total. The molecule has 0 amide bonds. The van der Waals surface area contributed by atoms with Gasteiger partial charge in [-0.25, -0.2) is 0 Å². The third-order valence-corrected chi connectivity index (χ3v) is 27.9. The van der Waals surface area contributed by atoms with E-state index in [9.17, 15) is 30.6 Å². The van der Waals surface area contributed by atoms with Gasteiger partial charge in [0, 0.05) is 83.5 Å². The smallest absolute Gasteiger partial charge is 0.131 e. The molecular formula is C138H126O12. The van der Waals surface area contributed by atoms with Crippen LogP contribution in [0, 0.1) is 90.0 Å². The van der Waals surface area contributed by atoms with E-state index in [1.807, 2.05) is 275 Å². The van der Waals surface area contributed by atoms with Gasteiger partial charge in [0.1, 0.15) is 71.6 Å². The van der Waals surface area contributed by atoms with Crippen LogP contribution in [-0.2, 0) is 34.0 Å². The molecule has 0 saturated carbocycles. The van der Waals surface area contributed by atoms with Crippen LogP contribution in [0.2, 0.25) is 0 Å². The molecule has 0 aromatic heterocycles. The lowest BCUT2D eigenvalue weighted by Gasteiger charge is -2.19. The predicted octanol–water partition coefficient (Wildman–Crippen LogP) is 34.4. The maximum atomic E-state index is 12.0. The lowest BCUT2D eigenvalue weighted by molar-refractivity contribution is 0.0893. The summed E-state index contributed by atoms with van der Waals surface area (Å²) in [6, 6.07) is 128. The zero-order chi connectivity index (χ0) is 105. The second kappa shape index (κ2) is 46.8. The minimum atomic E-state index is 0.224. The van der Waals surface area contributed by atoms with Gasteiger partial charge in [-0.2, -0.15) is 0 Å². The number of hydrogen-bond acceptors (Lipinski definition) is 12. The van der Waals surface area contributed by atoms with Crippen molar-refractivity contribution in [2.45, 2.75) is 110 Å². The molecule has 0 atom stereocenters. The van der Waals surface area contributed by atoms with Crippen LogP contribution in [0.4, 0.5) is 0 Å². The number of aryl methyl sites for hydroxylation is 13. The summed E-state index contributed by atoms with van der Waals surface area (Å²) in [6.07, 6.45) is 0. The molecule has 0 saturated heterocycles. The molecule has 150 heavy (non-hydrogen) atoms. The standard InChI is InChI=1S/C52H46O4.C46H46O4.C40H34O4/c1-32-18-23-48(43(26-32)45-28-34(3)30-47(52(45)54)50-36(5)20-22-38-13-7-11-17-42(38)50)56-25-24-55-31-39-14-8-9-15-40(39)44-27-33(2)29-46(51(44)53)49-35(4)19-21-37-12-6-10-16-41(37)49;1-28-12-15-33(6)37(20-28)41-24-31(4)23-40(45(41)47)36-11-9-8-10-35(36)27-49-18-19-50-44-17-14-30(3)22-39(44)43-26-32(5)25-42(46(43)48)38-21-29(2)13-16-34(38)7;1-28-22-23-38(37(26-28)36-21-11-19-34(40(36)42)30-14-6-3-7-15-30)44-25-24-43-27-31-16-8-9-17-32(31)35-20-10-18-33(39(35)41)29-12-4-2-5-13-29/h6-23,26-30,53-54H,24-25,31H2,1-5H3;8-17,20-26,47-48H,18-19,27H2,1-7H3;2-23,26,41-42H,24-25,27H2,1H3. The first-order chi connectivity index (χ1) is 72.8. The summed E-state index contributed by atoms with van der Waals surface area (Å²) < 4.78 is 37.4. The van der Waals surface area contributed by atoms with Crippen molar-refractivity contribution in [2.24, 2.45) is 0 Å². The summed E-state index contributed by atoms with van der Waals surface area (Å²) in [5.41, 5.74) is 37.9. The molecule has 12 nitrogen and oxygen atoms in total. The topological polar surface area (TPSA) is 177 Å². The molecule has 0 fully saturated rings. The van der Waals surface area contributed by atoms with Gasteiger partial charge in [0.25, 0.3) is 0 Å². The van der Waals surface area contributed by atoms with Crippen LogP contribution >= 0.6 is 0 Å². The highest BCUT2D eigenvalue weighted by Crippen LogP contribution is 2.52. The van der Waals surface area contributed by atoms with Gasteiger partial charge >= 0.3 is 0 Å². The average molecular weight is 1980 g/mol. The van der Waals surface area contributed by atoms with Crippen LogP contribution < -0.4 is 14.2 Å². The fourth-order valence-electron chi connectivity index (χ4n) is 20.3. The maximum absolute atomic E-state index is 12.0. The Kier molecular flexibility index (Phi) is 32.1. The Morgan fingerprint density at radius 1 is 0.167 bits per heavy atom. The van der Waals surface area contributed by atoms with Crippen LogP contribution in [0.5, 0.6) is 51.7 Å². The van der Waals surface area contributed by atoms with Gasteiger partial charge in [-0.3, -0.25) is 0 Å². The summed E-state index contributed by atoms with van der Waals surface area (Å²) in [5.74, 6) is 3.54. The monoisotopic (exact) mass is 1970 g/mol. The van der Waals surface area contributed by atoms with Crippen molar-refractivity contribution in [2.75, 3.05) is 39.6 Å². The predicted molar refractivity (Wildman–Crippen MR) is 616 cm³/mol. The maximum Gasteiger partial charge on any atom is 0.131 e. The van der Waals surface area contributed by atoms with Gasteiger partial charge in [0.2, 0.25) is 0 Å². The lowest BCUT2D eigenvalue weighted by atomic mass is 9.88. The first-order valence-electron chi connectivity index (χ1n) is 51.2. The van der Waals surface area contributed by atoms with Gasteiger partial charge in [-0.1, -0.05) is 325 Å². The number of rotatable bonds is 30. The number of benzene rings is 20. The zero-order valence-electron chi connectivity index (χ0n) is 87.4. The van der Waals surface area contributed by atoms with E-state index in [1.54, 1.807) is 0 Å². The number of para-hydroxylation sites is 2. The normalized spacial score (nSPS) is 11.2. The van der Waals surface area contributed by atoms with Gasteiger partial charge in [0.05, 0.1) is 39.6 Å². The van der Waals surface area contributed by atoms with Crippen LogP contribution in [0.3, 0.4) is 0 Å². The largest absolute Gasteiger partial charge is 0.507 e. The van der Waals surface area contributed by atoms with Crippen LogP contribution in [-0.4, -0.2) is 70.3 Å². The molecule has 0 radical (unpaired) electrons. The number of aromatic hydroxyl groups is 6. The zero-order valence-corrected chi connectivity index (χ0v) is 87.4. The van der Waals surface area contributed by atoms with Crippen molar-refractivity contribution in [1.29, 1.82) is 0 Å². The van der Waals surface area contributed by atoms with E-state index >= 15 is 0 Å². The Hall–Kier alpha value is -17.0. The van der Waals surface area contributed by atoms with Gasteiger partial charge in [-0.15, -0.1) is 0 Å². The van der Waals surface area contributed by atoms with Gasteiger partial charge in [-0.05, 0) is 308 Å². The quantitative estimate of drug-likeness (QED) is 0.0235. The van der Waals surface area contributed by atoms with E-state index in [0.717, 1.165) is 244 Å². The summed E-state index contributed by atoms with van der Waals surface area (Å²) in [7, 11) is 0. The van der Waals surface area contributed by atoms with Crippen LogP contribution in [0.1, 0.15) is 89.0 Å². The number of phenolic OH excluding ortho intramolecular Hbond substituents is 6. The van der Waals surface area contributed by atoms with E-state index < -0.39 is 0 Å². The van der Waals surface area contributed by atoms with Crippen molar-refractivity contribution in [1.82, 2.24) is 0 Å². The Morgan fingerprint density at radius 3 is 0.767 bits per heavy atom. The Bertz CT molecular complexity index is 8340. The molecule has 0 spiro atoms. The number of ether oxygens (including phenoxy) is 6. The highest BCUT2D eigenvalue weighted by atomic mass is 16.5. The van der Waals surface area contributed by atoms with E-state index in [0.29, 0.717) is 76.7 Å². The van der Waals surface area contributed by atoms with Crippen molar-refractivity contribution >= 4 is 21.5 Å².